The molecular formula is C25H25N3O4S. The summed E-state index contributed by atoms with van der Waals surface area (Å²) in [5.74, 6) is 0.784. The van der Waals surface area contributed by atoms with E-state index < -0.39 is 11.9 Å². The lowest BCUT2D eigenvalue weighted by Crippen LogP contribution is -2.52. The molecule has 0 spiro atoms. The van der Waals surface area contributed by atoms with Crippen molar-refractivity contribution in [2.24, 2.45) is 5.73 Å². The van der Waals surface area contributed by atoms with Gasteiger partial charge in [0, 0.05) is 23.2 Å². The van der Waals surface area contributed by atoms with Crippen LogP contribution in [0.3, 0.4) is 0 Å². The smallest absolute Gasteiger partial charge is 0.241 e. The highest BCUT2D eigenvalue weighted by Crippen LogP contribution is 2.35. The molecule has 0 saturated heterocycles. The number of hydrogen-bond acceptors (Lipinski definition) is 6. The normalized spacial score (nSPS) is 17.3. The molecule has 2 amide bonds. The number of rotatable bonds is 6. The zero-order valence-electron chi connectivity index (χ0n) is 18.1. The molecule has 0 radical (unpaired) electrons. The molecule has 2 aromatic carbocycles. The van der Waals surface area contributed by atoms with Crippen LogP contribution in [0.25, 0.3) is 0 Å². The summed E-state index contributed by atoms with van der Waals surface area (Å²) >= 11 is 1.60. The van der Waals surface area contributed by atoms with Gasteiger partial charge in [0.1, 0.15) is 13.2 Å². The highest BCUT2D eigenvalue weighted by Gasteiger charge is 2.33. The fraction of sp³-hybridized carbons (Fsp3) is 0.280. The van der Waals surface area contributed by atoms with Crippen LogP contribution < -0.4 is 20.1 Å². The van der Waals surface area contributed by atoms with Gasteiger partial charge in [-0.05, 0) is 41.1 Å². The zero-order chi connectivity index (χ0) is 22.8. The number of ether oxygens (including phenoxy) is 2. The number of thiophene rings is 1. The highest BCUT2D eigenvalue weighted by molar-refractivity contribution is 7.09. The average molecular weight is 464 g/mol. The minimum absolute atomic E-state index is 0.0851. The number of primary amides is 1. The Kier molecular flexibility index (Phi) is 6.02. The van der Waals surface area contributed by atoms with E-state index >= 15 is 0 Å². The molecule has 3 heterocycles. The number of nitrogens with zero attached hydrogens (tertiary/aromatic N) is 2. The lowest BCUT2D eigenvalue weighted by atomic mass is 9.93. The van der Waals surface area contributed by atoms with E-state index in [9.17, 15) is 9.59 Å². The molecule has 2 aliphatic rings. The second-order valence-electron chi connectivity index (χ2n) is 8.18. The molecular weight excluding hydrogens is 438 g/mol. The summed E-state index contributed by atoms with van der Waals surface area (Å²) in [6.45, 7) is 2.00. The molecule has 7 nitrogen and oxygen atoms in total. The zero-order valence-corrected chi connectivity index (χ0v) is 18.9. The third-order valence-corrected chi connectivity index (χ3v) is 6.91. The number of benzene rings is 2. The lowest BCUT2D eigenvalue weighted by molar-refractivity contribution is -0.126. The van der Waals surface area contributed by atoms with Gasteiger partial charge in [0.25, 0.3) is 0 Å². The SMILES string of the molecule is NC(=O)[C@@H]1Cc2ccccc2CN1CC(=O)N(Cc1cccs1)c1ccc2c(c1)OCCO2. The summed E-state index contributed by atoms with van der Waals surface area (Å²) in [6.07, 6.45) is 0.508. The minimum Gasteiger partial charge on any atom is -0.486 e. The predicted molar refractivity (Wildman–Crippen MR) is 126 cm³/mol. The number of fused-ring (bicyclic) bond motifs is 2. The first-order chi connectivity index (χ1) is 16.1. The van der Waals surface area contributed by atoms with E-state index in [1.165, 1.54) is 0 Å². The van der Waals surface area contributed by atoms with Gasteiger partial charge in [0.2, 0.25) is 11.8 Å². The van der Waals surface area contributed by atoms with E-state index in [1.807, 2.05) is 64.9 Å². The number of carbonyl (C=O) groups is 2. The Bertz CT molecular complexity index is 1160. The van der Waals surface area contributed by atoms with E-state index in [0.29, 0.717) is 44.2 Å². The van der Waals surface area contributed by atoms with Crippen LogP contribution in [0.1, 0.15) is 16.0 Å². The van der Waals surface area contributed by atoms with Gasteiger partial charge in [-0.2, -0.15) is 0 Å². The first-order valence-electron chi connectivity index (χ1n) is 10.9. The highest BCUT2D eigenvalue weighted by atomic mass is 32.1. The third kappa shape index (κ3) is 4.58. The van der Waals surface area contributed by atoms with Crippen LogP contribution in [0.4, 0.5) is 5.69 Å². The first kappa shape index (κ1) is 21.5. The molecule has 2 N–H and O–H groups in total. The summed E-state index contributed by atoms with van der Waals surface area (Å²) in [5, 5.41) is 1.99. The Hall–Kier alpha value is -3.36. The molecule has 0 bridgehead atoms. The average Bonchev–Trinajstić information content (AvgIpc) is 3.35. The number of nitrogens with two attached hydrogens (primary N) is 1. The fourth-order valence-electron chi connectivity index (χ4n) is 4.36. The number of amides is 2. The van der Waals surface area contributed by atoms with Crippen LogP contribution in [-0.4, -0.2) is 42.5 Å². The molecule has 5 rings (SSSR count). The van der Waals surface area contributed by atoms with Gasteiger partial charge in [-0.25, -0.2) is 0 Å². The second kappa shape index (κ2) is 9.25. The predicted octanol–water partition coefficient (Wildman–Crippen LogP) is 2.96. The Labute approximate surface area is 196 Å². The molecule has 33 heavy (non-hydrogen) atoms. The van der Waals surface area contributed by atoms with E-state index in [2.05, 4.69) is 0 Å². The van der Waals surface area contributed by atoms with Gasteiger partial charge in [0.15, 0.2) is 11.5 Å². The summed E-state index contributed by atoms with van der Waals surface area (Å²) in [4.78, 5) is 30.6. The Morgan fingerprint density at radius 3 is 2.58 bits per heavy atom. The van der Waals surface area contributed by atoms with Crippen molar-refractivity contribution in [3.05, 3.63) is 76.0 Å². The van der Waals surface area contributed by atoms with Crippen molar-refractivity contribution in [1.82, 2.24) is 4.90 Å². The molecule has 8 heteroatoms. The van der Waals surface area contributed by atoms with Crippen LogP contribution in [0, 0.1) is 0 Å². The van der Waals surface area contributed by atoms with Crippen molar-refractivity contribution >= 4 is 28.8 Å². The van der Waals surface area contributed by atoms with Crippen LogP contribution in [0.15, 0.2) is 60.0 Å². The molecule has 2 aliphatic heterocycles. The Balaban J connectivity index is 1.43. The van der Waals surface area contributed by atoms with Crippen molar-refractivity contribution in [2.45, 2.75) is 25.6 Å². The van der Waals surface area contributed by atoms with Crippen LogP contribution in [0.2, 0.25) is 0 Å². The lowest BCUT2D eigenvalue weighted by Gasteiger charge is -2.36. The minimum atomic E-state index is -0.521. The summed E-state index contributed by atoms with van der Waals surface area (Å²) in [5.41, 5.74) is 8.68. The maximum absolute atomic E-state index is 13.7. The van der Waals surface area contributed by atoms with Crippen LogP contribution in [0.5, 0.6) is 11.5 Å². The van der Waals surface area contributed by atoms with Crippen molar-refractivity contribution in [2.75, 3.05) is 24.7 Å². The summed E-state index contributed by atoms with van der Waals surface area (Å²) in [7, 11) is 0. The van der Waals surface area contributed by atoms with Gasteiger partial charge in [-0.3, -0.25) is 14.5 Å². The van der Waals surface area contributed by atoms with Crippen molar-refractivity contribution < 1.29 is 19.1 Å². The molecule has 170 valence electrons. The summed E-state index contributed by atoms with van der Waals surface area (Å²) in [6, 6.07) is 17.0. The maximum Gasteiger partial charge on any atom is 0.241 e. The van der Waals surface area contributed by atoms with Crippen molar-refractivity contribution in [3.63, 3.8) is 0 Å². The van der Waals surface area contributed by atoms with Crippen molar-refractivity contribution in [3.8, 4) is 11.5 Å². The van der Waals surface area contributed by atoms with E-state index in [0.717, 1.165) is 21.7 Å². The largest absolute Gasteiger partial charge is 0.486 e. The monoisotopic (exact) mass is 463 g/mol. The van der Waals surface area contributed by atoms with E-state index in [1.54, 1.807) is 16.2 Å². The molecule has 0 saturated carbocycles. The van der Waals surface area contributed by atoms with E-state index in [4.69, 9.17) is 15.2 Å². The molecule has 0 aliphatic carbocycles. The van der Waals surface area contributed by atoms with Gasteiger partial charge in [0.05, 0.1) is 19.1 Å². The second-order valence-corrected chi connectivity index (χ2v) is 9.22. The maximum atomic E-state index is 13.7. The topological polar surface area (TPSA) is 85.1 Å². The fourth-order valence-corrected chi connectivity index (χ4v) is 5.06. The quantitative estimate of drug-likeness (QED) is 0.608. The van der Waals surface area contributed by atoms with Crippen LogP contribution in [-0.2, 0) is 29.1 Å². The molecule has 0 unspecified atom stereocenters. The van der Waals surface area contributed by atoms with Gasteiger partial charge in [-0.15, -0.1) is 11.3 Å². The molecule has 1 atom stereocenters. The van der Waals surface area contributed by atoms with Crippen LogP contribution >= 0.6 is 11.3 Å². The number of anilines is 1. The number of carbonyl (C=O) groups excluding carboxylic acids is 2. The van der Waals surface area contributed by atoms with E-state index in [-0.39, 0.29) is 12.5 Å². The molecule has 3 aromatic rings. The van der Waals surface area contributed by atoms with Gasteiger partial charge < -0.3 is 20.1 Å². The molecule has 0 fully saturated rings. The first-order valence-corrected chi connectivity index (χ1v) is 11.8. The summed E-state index contributed by atoms with van der Waals surface area (Å²) < 4.78 is 11.4. The van der Waals surface area contributed by atoms with Gasteiger partial charge in [-0.1, -0.05) is 30.3 Å². The Morgan fingerprint density at radius 2 is 1.82 bits per heavy atom. The standard InChI is InChI=1S/C25H25N3O4S/c26-25(30)21-12-17-4-1-2-5-18(17)14-27(21)16-24(29)28(15-20-6-3-11-33-20)19-7-8-22-23(13-19)32-10-9-31-22/h1-8,11,13,21H,9-10,12,14-16H2,(H2,26,30)/t21-/m0/s1. The number of hydrogen-bond donors (Lipinski definition) is 1. The Morgan fingerprint density at radius 1 is 1.03 bits per heavy atom. The van der Waals surface area contributed by atoms with Gasteiger partial charge >= 0.3 is 0 Å². The molecule has 1 aromatic heterocycles. The van der Waals surface area contributed by atoms with Crippen molar-refractivity contribution in [1.29, 1.82) is 0 Å². The third-order valence-electron chi connectivity index (χ3n) is 6.05.